The Morgan fingerprint density at radius 1 is 1.28 bits per heavy atom. The standard InChI is InChI=1S/C19H23N7O8S2/c1-9(27)21-17-22-23-18(35-17)36(32,33)24-14(28)8-34-13-6-10-5-12(13)26(19(30)31)15(10)16(29)25-4-2-3-11(25)7-20/h10-13,15H,2-6,8H2,1H3,(H,24,28)(H,30,31)(H,21,22,27)/t10-,11-,12+,13+,15-/m0/s1. The third kappa shape index (κ3) is 4.96. The molecule has 4 rings (SSSR count). The number of sulfonamides is 1. The van der Waals surface area contributed by atoms with Crippen molar-refractivity contribution in [3.63, 3.8) is 0 Å². The summed E-state index contributed by atoms with van der Waals surface area (Å²) in [7, 11) is -4.36. The van der Waals surface area contributed by atoms with E-state index in [1.54, 1.807) is 4.72 Å². The molecule has 2 bridgehead atoms. The minimum atomic E-state index is -4.36. The molecule has 3 fully saturated rings. The fraction of sp³-hybridized carbons (Fsp3) is 0.632. The highest BCUT2D eigenvalue weighted by Gasteiger charge is 2.58. The average Bonchev–Trinajstić information content (AvgIpc) is 3.59. The fourth-order valence-electron chi connectivity index (χ4n) is 5.02. The van der Waals surface area contributed by atoms with Gasteiger partial charge in [0.1, 0.15) is 18.7 Å². The van der Waals surface area contributed by atoms with E-state index in [2.05, 4.69) is 21.6 Å². The second-order valence-electron chi connectivity index (χ2n) is 8.68. The van der Waals surface area contributed by atoms with Crippen LogP contribution >= 0.6 is 11.3 Å². The topological polar surface area (TPSA) is 212 Å². The van der Waals surface area contributed by atoms with E-state index in [-0.39, 0.29) is 11.0 Å². The van der Waals surface area contributed by atoms with Gasteiger partial charge in [0.2, 0.25) is 16.9 Å². The lowest BCUT2D eigenvalue weighted by Gasteiger charge is -2.38. The van der Waals surface area contributed by atoms with Crippen LogP contribution in [0.4, 0.5) is 9.93 Å². The summed E-state index contributed by atoms with van der Waals surface area (Å²) < 4.78 is 31.6. The van der Waals surface area contributed by atoms with Gasteiger partial charge in [0.15, 0.2) is 0 Å². The van der Waals surface area contributed by atoms with Crippen LogP contribution in [0.25, 0.3) is 0 Å². The number of rotatable bonds is 7. The summed E-state index contributed by atoms with van der Waals surface area (Å²) in [4.78, 5) is 50.9. The normalized spacial score (nSPS) is 27.1. The van der Waals surface area contributed by atoms with Crippen LogP contribution in [0, 0.1) is 17.2 Å². The van der Waals surface area contributed by atoms with Crippen LogP contribution in [0.15, 0.2) is 4.34 Å². The minimum Gasteiger partial charge on any atom is -0.465 e. The third-order valence-corrected chi connectivity index (χ3v) is 8.95. The van der Waals surface area contributed by atoms with Crippen molar-refractivity contribution in [1.29, 1.82) is 5.26 Å². The molecular formula is C19H23N7O8S2. The molecule has 4 amide bonds. The number of carbonyl (C=O) groups excluding carboxylic acids is 3. The summed E-state index contributed by atoms with van der Waals surface area (Å²) in [6.07, 6.45) is -0.123. The monoisotopic (exact) mass is 541 g/mol. The molecule has 194 valence electrons. The van der Waals surface area contributed by atoms with E-state index in [9.17, 15) is 38.0 Å². The second kappa shape index (κ2) is 9.95. The van der Waals surface area contributed by atoms with Gasteiger partial charge in [0.05, 0.1) is 18.2 Å². The van der Waals surface area contributed by atoms with Gasteiger partial charge in [0, 0.05) is 13.5 Å². The van der Waals surface area contributed by atoms with E-state index in [4.69, 9.17) is 4.74 Å². The van der Waals surface area contributed by atoms with Gasteiger partial charge in [-0.1, -0.05) is 11.3 Å². The van der Waals surface area contributed by atoms with E-state index in [1.807, 2.05) is 0 Å². The first-order chi connectivity index (χ1) is 17.0. The van der Waals surface area contributed by atoms with Gasteiger partial charge >= 0.3 is 6.09 Å². The fourth-order valence-corrected chi connectivity index (χ4v) is 6.94. The van der Waals surface area contributed by atoms with Crippen molar-refractivity contribution in [3.05, 3.63) is 0 Å². The van der Waals surface area contributed by atoms with Crippen LogP contribution < -0.4 is 10.0 Å². The summed E-state index contributed by atoms with van der Waals surface area (Å²) in [6, 6.07) is -0.102. The number of anilines is 1. The quantitative estimate of drug-likeness (QED) is 0.369. The SMILES string of the molecule is CC(=O)Nc1nnc(S(=O)(=O)NC(=O)CO[C@@H]2C[C@@H]3C[C@H]2N(C(=O)O)[C@@H]3C(=O)N2CCC[C@H]2C#N)s1. The molecule has 3 aliphatic rings. The highest BCUT2D eigenvalue weighted by Crippen LogP contribution is 2.45. The Morgan fingerprint density at radius 3 is 2.69 bits per heavy atom. The molecule has 36 heavy (non-hydrogen) atoms. The first kappa shape index (κ1) is 25.7. The Kier molecular flexibility index (Phi) is 7.11. The van der Waals surface area contributed by atoms with Crippen molar-refractivity contribution >= 4 is 50.3 Å². The summed E-state index contributed by atoms with van der Waals surface area (Å²) in [5.74, 6) is -2.21. The zero-order valence-electron chi connectivity index (χ0n) is 19.0. The Morgan fingerprint density at radius 2 is 2.03 bits per heavy atom. The van der Waals surface area contributed by atoms with Crippen molar-refractivity contribution in [2.75, 3.05) is 18.5 Å². The van der Waals surface area contributed by atoms with Crippen LogP contribution in [-0.2, 0) is 29.1 Å². The van der Waals surface area contributed by atoms with Gasteiger partial charge in [0.25, 0.3) is 20.3 Å². The van der Waals surface area contributed by atoms with Crippen molar-refractivity contribution in [3.8, 4) is 6.07 Å². The van der Waals surface area contributed by atoms with Crippen molar-refractivity contribution in [2.24, 2.45) is 5.92 Å². The van der Waals surface area contributed by atoms with Crippen LogP contribution in [0.1, 0.15) is 32.6 Å². The van der Waals surface area contributed by atoms with Gasteiger partial charge in [-0.25, -0.2) is 9.52 Å². The largest absolute Gasteiger partial charge is 0.465 e. The van der Waals surface area contributed by atoms with Crippen LogP contribution in [0.3, 0.4) is 0 Å². The van der Waals surface area contributed by atoms with Gasteiger partial charge in [-0.15, -0.1) is 10.2 Å². The third-order valence-electron chi connectivity index (χ3n) is 6.37. The number of nitriles is 1. The van der Waals surface area contributed by atoms with Crippen molar-refractivity contribution < 1.29 is 37.4 Å². The number of amides is 4. The molecule has 2 aliphatic heterocycles. The number of hydrogen-bond donors (Lipinski definition) is 3. The number of hydrogen-bond acceptors (Lipinski definition) is 11. The number of carbonyl (C=O) groups is 4. The molecule has 1 aromatic rings. The Hall–Kier alpha value is -3.36. The van der Waals surface area contributed by atoms with Gasteiger partial charge in [-0.3, -0.25) is 19.3 Å². The lowest BCUT2D eigenvalue weighted by atomic mass is 9.96. The molecule has 15 nitrogen and oxygen atoms in total. The van der Waals surface area contributed by atoms with Crippen LogP contribution in [-0.4, -0.2) is 94.7 Å². The number of fused-ring (bicyclic) bond motifs is 2. The molecular weight excluding hydrogens is 518 g/mol. The molecule has 0 unspecified atom stereocenters. The smallest absolute Gasteiger partial charge is 0.408 e. The molecule has 0 spiro atoms. The average molecular weight is 542 g/mol. The predicted molar refractivity (Wildman–Crippen MR) is 120 cm³/mol. The van der Waals surface area contributed by atoms with E-state index in [1.165, 1.54) is 11.8 Å². The molecule has 3 N–H and O–H groups in total. The highest BCUT2D eigenvalue weighted by atomic mass is 32.2. The Balaban J connectivity index is 1.36. The van der Waals surface area contributed by atoms with E-state index < -0.39 is 69.0 Å². The Labute approximate surface area is 209 Å². The summed E-state index contributed by atoms with van der Waals surface area (Å²) in [6.45, 7) is 0.941. The maximum atomic E-state index is 13.1. The zero-order valence-corrected chi connectivity index (χ0v) is 20.6. The molecule has 1 saturated carbocycles. The Bertz CT molecular complexity index is 1230. The van der Waals surface area contributed by atoms with E-state index in [0.717, 1.165) is 4.90 Å². The maximum Gasteiger partial charge on any atom is 0.408 e. The molecule has 1 aromatic heterocycles. The minimum absolute atomic E-state index is 0.0542. The second-order valence-corrected chi connectivity index (χ2v) is 11.5. The van der Waals surface area contributed by atoms with Crippen LogP contribution in [0.2, 0.25) is 0 Å². The number of ether oxygens (including phenoxy) is 1. The number of piperidine rings is 1. The number of aromatic nitrogens is 2. The first-order valence-corrected chi connectivity index (χ1v) is 13.3. The molecule has 5 atom stereocenters. The van der Waals surface area contributed by atoms with Crippen molar-refractivity contribution in [2.45, 2.75) is 61.2 Å². The first-order valence-electron chi connectivity index (χ1n) is 11.0. The van der Waals surface area contributed by atoms with Gasteiger partial charge < -0.3 is 20.1 Å². The zero-order chi connectivity index (χ0) is 26.2. The highest BCUT2D eigenvalue weighted by molar-refractivity contribution is 7.92. The van der Waals surface area contributed by atoms with Crippen molar-refractivity contribution in [1.82, 2.24) is 24.7 Å². The lowest BCUT2D eigenvalue weighted by molar-refractivity contribution is -0.141. The summed E-state index contributed by atoms with van der Waals surface area (Å²) >= 11 is 0.556. The molecule has 17 heteroatoms. The van der Waals surface area contributed by atoms with E-state index in [0.29, 0.717) is 43.6 Å². The molecule has 3 heterocycles. The molecule has 2 saturated heterocycles. The predicted octanol–water partition coefficient (Wildman–Crippen LogP) is -0.658. The number of carboxylic acid groups (broad SMARTS) is 1. The molecule has 0 radical (unpaired) electrons. The number of nitrogens with one attached hydrogen (secondary N) is 2. The maximum absolute atomic E-state index is 13.1. The number of likely N-dealkylation sites (tertiary alicyclic amines) is 2. The van der Waals surface area contributed by atoms with Gasteiger partial charge in [-0.2, -0.15) is 13.7 Å². The molecule has 0 aromatic carbocycles. The van der Waals surface area contributed by atoms with Gasteiger partial charge in [-0.05, 0) is 31.6 Å². The summed E-state index contributed by atoms with van der Waals surface area (Å²) in [5.41, 5.74) is 0. The number of nitrogens with zero attached hydrogens (tertiary/aromatic N) is 5. The molecule has 1 aliphatic carbocycles. The van der Waals surface area contributed by atoms with Crippen LogP contribution in [0.5, 0.6) is 0 Å². The van der Waals surface area contributed by atoms with E-state index >= 15 is 0 Å². The lowest BCUT2D eigenvalue weighted by Crippen LogP contribution is -2.57. The summed E-state index contributed by atoms with van der Waals surface area (Å²) in [5, 5.41) is 28.3.